The van der Waals surface area contributed by atoms with Gasteiger partial charge in [0, 0.05) is 37.3 Å². The van der Waals surface area contributed by atoms with Crippen LogP contribution in [0.3, 0.4) is 0 Å². The summed E-state index contributed by atoms with van der Waals surface area (Å²) in [5.41, 5.74) is 3.46. The standard InChI is InChI=1S/C22H26N2O3/c1-4-27-19-9-7-18(8-10-19)21(25)23-11-13-24(14-12-23)22(26)20-15-16(2)5-6-17(20)3/h5-10,15H,4,11-14H2,1-3H3. The minimum atomic E-state index is -0.00289. The van der Waals surface area contributed by atoms with Gasteiger partial charge in [-0.2, -0.15) is 0 Å². The summed E-state index contributed by atoms with van der Waals surface area (Å²) in [6, 6.07) is 13.2. The van der Waals surface area contributed by atoms with Crippen LogP contribution in [0.2, 0.25) is 0 Å². The fourth-order valence-corrected chi connectivity index (χ4v) is 3.29. The molecule has 5 heteroatoms. The number of rotatable bonds is 4. The Morgan fingerprint density at radius 2 is 1.48 bits per heavy atom. The highest BCUT2D eigenvalue weighted by atomic mass is 16.5. The summed E-state index contributed by atoms with van der Waals surface area (Å²) >= 11 is 0. The van der Waals surface area contributed by atoms with Gasteiger partial charge in [-0.15, -0.1) is 0 Å². The molecule has 0 atom stereocenters. The third kappa shape index (κ3) is 4.30. The van der Waals surface area contributed by atoms with E-state index in [1.54, 1.807) is 12.1 Å². The molecule has 1 aliphatic heterocycles. The predicted molar refractivity (Wildman–Crippen MR) is 105 cm³/mol. The quantitative estimate of drug-likeness (QED) is 0.834. The molecule has 3 rings (SSSR count). The highest BCUT2D eigenvalue weighted by molar-refractivity contribution is 5.97. The van der Waals surface area contributed by atoms with Crippen LogP contribution < -0.4 is 4.74 Å². The van der Waals surface area contributed by atoms with Crippen molar-refractivity contribution >= 4 is 11.8 Å². The summed E-state index contributed by atoms with van der Waals surface area (Å²) in [4.78, 5) is 29.2. The Balaban J connectivity index is 1.62. The van der Waals surface area contributed by atoms with Crippen LogP contribution in [0.15, 0.2) is 42.5 Å². The van der Waals surface area contributed by atoms with E-state index < -0.39 is 0 Å². The molecule has 2 aromatic carbocycles. The zero-order valence-electron chi connectivity index (χ0n) is 16.2. The van der Waals surface area contributed by atoms with Crippen molar-refractivity contribution in [2.24, 2.45) is 0 Å². The number of ether oxygens (including phenoxy) is 1. The van der Waals surface area contributed by atoms with E-state index in [0.29, 0.717) is 38.3 Å². The Labute approximate surface area is 160 Å². The molecule has 0 aliphatic carbocycles. The number of hydrogen-bond acceptors (Lipinski definition) is 3. The molecule has 1 fully saturated rings. The van der Waals surface area contributed by atoms with Gasteiger partial charge in [-0.05, 0) is 56.7 Å². The van der Waals surface area contributed by atoms with Gasteiger partial charge >= 0.3 is 0 Å². The summed E-state index contributed by atoms with van der Waals surface area (Å²) in [5.74, 6) is 0.805. The first-order valence-electron chi connectivity index (χ1n) is 9.38. The molecule has 1 saturated heterocycles. The van der Waals surface area contributed by atoms with E-state index in [1.165, 1.54) is 0 Å². The van der Waals surface area contributed by atoms with Gasteiger partial charge in [0.25, 0.3) is 11.8 Å². The van der Waals surface area contributed by atoms with E-state index in [1.807, 2.05) is 60.9 Å². The highest BCUT2D eigenvalue weighted by Crippen LogP contribution is 2.17. The van der Waals surface area contributed by atoms with Gasteiger partial charge in [-0.3, -0.25) is 9.59 Å². The van der Waals surface area contributed by atoms with Gasteiger partial charge in [0.2, 0.25) is 0 Å². The Morgan fingerprint density at radius 1 is 0.889 bits per heavy atom. The highest BCUT2D eigenvalue weighted by Gasteiger charge is 2.26. The lowest BCUT2D eigenvalue weighted by Gasteiger charge is -2.35. The van der Waals surface area contributed by atoms with Crippen LogP contribution in [-0.2, 0) is 0 Å². The second-order valence-corrected chi connectivity index (χ2v) is 6.86. The summed E-state index contributed by atoms with van der Waals surface area (Å²) in [5, 5.41) is 0. The number of carbonyl (C=O) groups is 2. The van der Waals surface area contributed by atoms with Crippen molar-refractivity contribution in [1.82, 2.24) is 9.80 Å². The van der Waals surface area contributed by atoms with Crippen LogP contribution in [0.5, 0.6) is 5.75 Å². The van der Waals surface area contributed by atoms with Crippen LogP contribution >= 0.6 is 0 Å². The molecule has 1 heterocycles. The van der Waals surface area contributed by atoms with Crippen molar-refractivity contribution in [2.75, 3.05) is 32.8 Å². The van der Waals surface area contributed by atoms with E-state index in [9.17, 15) is 9.59 Å². The fraction of sp³-hybridized carbons (Fsp3) is 0.364. The monoisotopic (exact) mass is 366 g/mol. The van der Waals surface area contributed by atoms with E-state index in [2.05, 4.69) is 0 Å². The summed E-state index contributed by atoms with van der Waals surface area (Å²) < 4.78 is 5.42. The molecule has 2 aromatic rings. The number of piperazine rings is 1. The van der Waals surface area contributed by atoms with Gasteiger partial charge in [0.1, 0.15) is 5.75 Å². The van der Waals surface area contributed by atoms with Crippen molar-refractivity contribution in [3.8, 4) is 5.75 Å². The van der Waals surface area contributed by atoms with Gasteiger partial charge < -0.3 is 14.5 Å². The Hall–Kier alpha value is -2.82. The van der Waals surface area contributed by atoms with Crippen LogP contribution in [0.25, 0.3) is 0 Å². The number of hydrogen-bond donors (Lipinski definition) is 0. The largest absolute Gasteiger partial charge is 0.494 e. The van der Waals surface area contributed by atoms with Crippen molar-refractivity contribution in [3.05, 3.63) is 64.7 Å². The minimum absolute atomic E-state index is 0.00289. The SMILES string of the molecule is CCOc1ccc(C(=O)N2CCN(C(=O)c3cc(C)ccc3C)CC2)cc1. The lowest BCUT2D eigenvalue weighted by Crippen LogP contribution is -2.50. The molecule has 0 unspecified atom stereocenters. The predicted octanol–water partition coefficient (Wildman–Crippen LogP) is 3.30. The van der Waals surface area contributed by atoms with E-state index in [-0.39, 0.29) is 11.8 Å². The molecule has 27 heavy (non-hydrogen) atoms. The lowest BCUT2D eigenvalue weighted by atomic mass is 10.0. The Bertz CT molecular complexity index is 822. The molecule has 0 aromatic heterocycles. The molecule has 2 amide bonds. The van der Waals surface area contributed by atoms with Gasteiger partial charge in [0.15, 0.2) is 0 Å². The Kier molecular flexibility index (Phi) is 5.79. The zero-order chi connectivity index (χ0) is 19.4. The minimum Gasteiger partial charge on any atom is -0.494 e. The average molecular weight is 366 g/mol. The molecule has 142 valence electrons. The van der Waals surface area contributed by atoms with Crippen molar-refractivity contribution in [1.29, 1.82) is 0 Å². The molecule has 5 nitrogen and oxygen atoms in total. The maximum Gasteiger partial charge on any atom is 0.254 e. The molecule has 0 bridgehead atoms. The molecule has 0 radical (unpaired) electrons. The van der Waals surface area contributed by atoms with Gasteiger partial charge in [-0.25, -0.2) is 0 Å². The number of amides is 2. The van der Waals surface area contributed by atoms with E-state index >= 15 is 0 Å². The van der Waals surface area contributed by atoms with Crippen molar-refractivity contribution < 1.29 is 14.3 Å². The van der Waals surface area contributed by atoms with Crippen LogP contribution in [-0.4, -0.2) is 54.4 Å². The fourth-order valence-electron chi connectivity index (χ4n) is 3.29. The Morgan fingerprint density at radius 3 is 2.07 bits per heavy atom. The maximum absolute atomic E-state index is 12.8. The zero-order valence-corrected chi connectivity index (χ0v) is 16.2. The maximum atomic E-state index is 12.8. The van der Waals surface area contributed by atoms with Crippen LogP contribution in [0.1, 0.15) is 38.8 Å². The first-order valence-corrected chi connectivity index (χ1v) is 9.38. The van der Waals surface area contributed by atoms with E-state index in [0.717, 1.165) is 22.4 Å². The molecule has 0 N–H and O–H groups in total. The molecule has 0 spiro atoms. The lowest BCUT2D eigenvalue weighted by molar-refractivity contribution is 0.0535. The van der Waals surface area contributed by atoms with Gasteiger partial charge in [0.05, 0.1) is 6.61 Å². The van der Waals surface area contributed by atoms with Crippen molar-refractivity contribution in [3.63, 3.8) is 0 Å². The first-order chi connectivity index (χ1) is 13.0. The molecule has 0 saturated carbocycles. The number of aryl methyl sites for hydroxylation is 2. The summed E-state index contributed by atoms with van der Waals surface area (Å²) in [6.45, 7) is 8.67. The second-order valence-electron chi connectivity index (χ2n) is 6.86. The number of benzene rings is 2. The van der Waals surface area contributed by atoms with Crippen LogP contribution in [0, 0.1) is 13.8 Å². The third-order valence-corrected chi connectivity index (χ3v) is 4.89. The number of carbonyl (C=O) groups excluding carboxylic acids is 2. The molecular formula is C22H26N2O3. The smallest absolute Gasteiger partial charge is 0.254 e. The van der Waals surface area contributed by atoms with Crippen LogP contribution in [0.4, 0.5) is 0 Å². The van der Waals surface area contributed by atoms with Gasteiger partial charge in [-0.1, -0.05) is 17.7 Å². The first kappa shape index (κ1) is 19.0. The summed E-state index contributed by atoms with van der Waals surface area (Å²) in [6.07, 6.45) is 0. The summed E-state index contributed by atoms with van der Waals surface area (Å²) in [7, 11) is 0. The third-order valence-electron chi connectivity index (χ3n) is 4.89. The topological polar surface area (TPSA) is 49.9 Å². The van der Waals surface area contributed by atoms with Crippen molar-refractivity contribution in [2.45, 2.75) is 20.8 Å². The number of nitrogens with zero attached hydrogens (tertiary/aromatic N) is 2. The average Bonchev–Trinajstić information content (AvgIpc) is 2.70. The molecule has 1 aliphatic rings. The molecular weight excluding hydrogens is 340 g/mol. The normalized spacial score (nSPS) is 14.2. The van der Waals surface area contributed by atoms with E-state index in [4.69, 9.17) is 4.74 Å². The second kappa shape index (κ2) is 8.25.